The minimum Gasteiger partial charge on any atom is -0.280 e. The molecule has 0 N–H and O–H groups in total. The van der Waals surface area contributed by atoms with Crippen molar-refractivity contribution in [1.29, 1.82) is 0 Å². The lowest BCUT2D eigenvalue weighted by molar-refractivity contribution is 0.198. The molecule has 1 saturated heterocycles. The van der Waals surface area contributed by atoms with Crippen molar-refractivity contribution in [2.75, 3.05) is 11.8 Å². The van der Waals surface area contributed by atoms with Gasteiger partial charge in [0.25, 0.3) is 0 Å². The van der Waals surface area contributed by atoms with E-state index in [4.69, 9.17) is 0 Å². The highest BCUT2D eigenvalue weighted by Crippen LogP contribution is 2.39. The molecular weight excluding hydrogens is 407 g/mol. The quantitative estimate of drug-likeness (QED) is 0.438. The van der Waals surface area contributed by atoms with E-state index in [0.29, 0.717) is 4.21 Å². The van der Waals surface area contributed by atoms with Gasteiger partial charge in [-0.3, -0.25) is 4.90 Å². The molecule has 3 aromatic rings. The van der Waals surface area contributed by atoms with Gasteiger partial charge >= 0.3 is 0 Å². The van der Waals surface area contributed by atoms with Crippen molar-refractivity contribution in [2.45, 2.75) is 30.5 Å². The van der Waals surface area contributed by atoms with Gasteiger partial charge in [0.2, 0.25) is 0 Å². The average molecular weight is 436 g/mol. The van der Waals surface area contributed by atoms with Gasteiger partial charge in [0.05, 0.1) is 4.21 Å². The van der Waals surface area contributed by atoms with Crippen LogP contribution in [0.3, 0.4) is 0 Å². The van der Waals surface area contributed by atoms with Gasteiger partial charge in [-0.2, -0.15) is 0 Å². The summed E-state index contributed by atoms with van der Waals surface area (Å²) < 4.78 is 0.535. The van der Waals surface area contributed by atoms with E-state index in [2.05, 4.69) is 140 Å². The summed E-state index contributed by atoms with van der Waals surface area (Å²) in [6.45, 7) is 6.97. The Balaban J connectivity index is 1.88. The minimum absolute atomic E-state index is 0.210. The van der Waals surface area contributed by atoms with Crippen LogP contribution in [0.5, 0.6) is 0 Å². The summed E-state index contributed by atoms with van der Waals surface area (Å²) in [5.74, 6) is 2.17. The van der Waals surface area contributed by atoms with Gasteiger partial charge in [0, 0.05) is 17.3 Å². The van der Waals surface area contributed by atoms with Crippen LogP contribution in [-0.4, -0.2) is 34.5 Å². The van der Waals surface area contributed by atoms with Crippen LogP contribution >= 0.6 is 23.5 Å². The van der Waals surface area contributed by atoms with Crippen LogP contribution in [0, 0.1) is 0 Å². The summed E-state index contributed by atoms with van der Waals surface area (Å²) in [4.78, 5) is 2.60. The fourth-order valence-electron chi connectivity index (χ4n) is 4.05. The van der Waals surface area contributed by atoms with Gasteiger partial charge in [-0.15, -0.1) is 23.5 Å². The molecule has 1 heterocycles. The van der Waals surface area contributed by atoms with Crippen LogP contribution in [0.1, 0.15) is 20.8 Å². The Morgan fingerprint density at radius 1 is 0.655 bits per heavy atom. The van der Waals surface area contributed by atoms with E-state index in [1.165, 1.54) is 15.6 Å². The van der Waals surface area contributed by atoms with Crippen molar-refractivity contribution >= 4 is 47.2 Å². The van der Waals surface area contributed by atoms with E-state index in [1.54, 1.807) is 0 Å². The SMILES string of the molecule is CC(C)(C)N1CSC([Si](c2ccccc2)(c2ccccc2)c2ccccc2)SC1. The molecule has 0 unspecified atom stereocenters. The molecule has 1 aliphatic rings. The van der Waals surface area contributed by atoms with Crippen molar-refractivity contribution in [2.24, 2.45) is 0 Å². The predicted molar refractivity (Wildman–Crippen MR) is 134 cm³/mol. The molecular formula is C25H29NS2Si. The monoisotopic (exact) mass is 435 g/mol. The molecule has 1 nitrogen and oxygen atoms in total. The molecule has 29 heavy (non-hydrogen) atoms. The van der Waals surface area contributed by atoms with Gasteiger partial charge in [-0.25, -0.2) is 0 Å². The van der Waals surface area contributed by atoms with E-state index in [1.807, 2.05) is 0 Å². The smallest absolute Gasteiger partial charge is 0.171 e. The summed E-state index contributed by atoms with van der Waals surface area (Å²) in [6, 6.07) is 33.9. The third kappa shape index (κ3) is 4.09. The molecule has 1 fully saturated rings. The number of rotatable bonds is 4. The van der Waals surface area contributed by atoms with Crippen LogP contribution in [0.2, 0.25) is 0 Å². The topological polar surface area (TPSA) is 3.24 Å². The second-order valence-electron chi connectivity index (χ2n) is 8.54. The van der Waals surface area contributed by atoms with E-state index in [9.17, 15) is 0 Å². The molecule has 0 aromatic heterocycles. The molecule has 4 rings (SSSR count). The van der Waals surface area contributed by atoms with E-state index >= 15 is 0 Å². The first-order chi connectivity index (χ1) is 14.0. The third-order valence-corrected chi connectivity index (χ3v) is 15.7. The first-order valence-corrected chi connectivity index (χ1v) is 14.4. The van der Waals surface area contributed by atoms with Gasteiger partial charge in [0.15, 0.2) is 8.07 Å². The van der Waals surface area contributed by atoms with Crippen molar-refractivity contribution < 1.29 is 0 Å². The summed E-state index contributed by atoms with van der Waals surface area (Å²) in [5, 5.41) is 4.52. The Morgan fingerprint density at radius 3 is 1.31 bits per heavy atom. The minimum atomic E-state index is -2.21. The van der Waals surface area contributed by atoms with E-state index in [-0.39, 0.29) is 5.54 Å². The van der Waals surface area contributed by atoms with Gasteiger partial charge < -0.3 is 0 Å². The normalized spacial score (nSPS) is 16.7. The number of nitrogens with zero attached hydrogens (tertiary/aromatic N) is 1. The molecule has 1 aliphatic heterocycles. The highest BCUT2D eigenvalue weighted by Gasteiger charge is 2.49. The van der Waals surface area contributed by atoms with Gasteiger partial charge in [-0.1, -0.05) is 91.0 Å². The second kappa shape index (κ2) is 8.72. The Kier molecular flexibility index (Phi) is 6.26. The second-order valence-corrected chi connectivity index (χ2v) is 15.7. The first kappa shape index (κ1) is 20.8. The molecule has 150 valence electrons. The molecule has 0 aliphatic carbocycles. The maximum atomic E-state index is 2.60. The standard InChI is InChI=1S/C25H29NS2Si/c1-25(2,3)26-19-27-24(28-20-26)29(21-13-7-4-8-14-21,22-15-9-5-10-16-22)23-17-11-6-12-18-23/h4-18,24H,19-20H2,1-3H3. The van der Waals surface area contributed by atoms with Crippen molar-refractivity contribution in [3.8, 4) is 0 Å². The summed E-state index contributed by atoms with van der Waals surface area (Å²) in [7, 11) is -2.21. The molecule has 0 saturated carbocycles. The molecule has 0 bridgehead atoms. The lowest BCUT2D eigenvalue weighted by atomic mass is 10.1. The van der Waals surface area contributed by atoms with E-state index < -0.39 is 8.07 Å². The molecule has 0 atom stereocenters. The fraction of sp³-hybridized carbons (Fsp3) is 0.280. The Hall–Kier alpha value is -1.46. The van der Waals surface area contributed by atoms with Gasteiger partial charge in [-0.05, 0) is 36.3 Å². The number of thioether (sulfide) groups is 2. The zero-order chi connectivity index (χ0) is 20.3. The highest BCUT2D eigenvalue weighted by atomic mass is 32.2. The molecule has 3 aromatic carbocycles. The maximum Gasteiger partial charge on any atom is 0.171 e. The zero-order valence-corrected chi connectivity index (χ0v) is 20.0. The highest BCUT2D eigenvalue weighted by molar-refractivity contribution is 8.20. The molecule has 0 spiro atoms. The van der Waals surface area contributed by atoms with Crippen LogP contribution in [0.15, 0.2) is 91.0 Å². The zero-order valence-electron chi connectivity index (χ0n) is 17.4. The molecule has 0 amide bonds. The van der Waals surface area contributed by atoms with Crippen LogP contribution < -0.4 is 15.6 Å². The van der Waals surface area contributed by atoms with Gasteiger partial charge in [0.1, 0.15) is 0 Å². The average Bonchev–Trinajstić information content (AvgIpc) is 2.76. The molecule has 4 heteroatoms. The van der Waals surface area contributed by atoms with Crippen LogP contribution in [0.25, 0.3) is 0 Å². The number of hydrogen-bond donors (Lipinski definition) is 0. The maximum absolute atomic E-state index is 2.60. The summed E-state index contributed by atoms with van der Waals surface area (Å²) in [5.41, 5.74) is 0.210. The largest absolute Gasteiger partial charge is 0.280 e. The van der Waals surface area contributed by atoms with Crippen LogP contribution in [-0.2, 0) is 0 Å². The number of benzene rings is 3. The Bertz CT molecular complexity index is 805. The van der Waals surface area contributed by atoms with E-state index in [0.717, 1.165) is 11.8 Å². The number of hydrogen-bond acceptors (Lipinski definition) is 3. The van der Waals surface area contributed by atoms with Crippen molar-refractivity contribution in [1.82, 2.24) is 4.90 Å². The van der Waals surface area contributed by atoms with Crippen LogP contribution in [0.4, 0.5) is 0 Å². The van der Waals surface area contributed by atoms with Crippen molar-refractivity contribution in [3.63, 3.8) is 0 Å². The van der Waals surface area contributed by atoms with Crippen molar-refractivity contribution in [3.05, 3.63) is 91.0 Å². The fourth-order valence-corrected chi connectivity index (χ4v) is 15.4. The predicted octanol–water partition coefficient (Wildman–Crippen LogP) is 4.52. The lowest BCUT2D eigenvalue weighted by Crippen LogP contribution is -2.73. The third-order valence-electron chi connectivity index (χ3n) is 5.75. The first-order valence-electron chi connectivity index (χ1n) is 10.2. The molecule has 0 radical (unpaired) electrons. The summed E-state index contributed by atoms with van der Waals surface area (Å²) >= 11 is 4.28. The summed E-state index contributed by atoms with van der Waals surface area (Å²) in [6.07, 6.45) is 0. The Labute approximate surface area is 184 Å². The Morgan fingerprint density at radius 2 is 1.00 bits per heavy atom. The lowest BCUT2D eigenvalue weighted by Gasteiger charge is -2.46.